The van der Waals surface area contributed by atoms with E-state index in [1.165, 1.54) is 18.6 Å². The Morgan fingerprint density at radius 3 is 3.14 bits per heavy atom. The fourth-order valence-electron chi connectivity index (χ4n) is 2.68. The number of aromatic amines is 1. The van der Waals surface area contributed by atoms with Gasteiger partial charge >= 0.3 is 0 Å². The Kier molecular flexibility index (Phi) is 4.29. The molecular weight excluding hydrogens is 282 g/mol. The van der Waals surface area contributed by atoms with Crippen LogP contribution in [0.1, 0.15) is 23.3 Å². The lowest BCUT2D eigenvalue weighted by Crippen LogP contribution is -2.39. The molecule has 0 bridgehead atoms. The van der Waals surface area contributed by atoms with Gasteiger partial charge in [-0.25, -0.2) is 4.98 Å². The second kappa shape index (κ2) is 6.52. The molecule has 4 N–H and O–H groups in total. The summed E-state index contributed by atoms with van der Waals surface area (Å²) >= 11 is 0. The maximum absolute atomic E-state index is 12.2. The summed E-state index contributed by atoms with van der Waals surface area (Å²) in [5, 5.41) is 9.84. The number of amides is 1. The molecule has 116 valence electrons. The van der Waals surface area contributed by atoms with Crippen molar-refractivity contribution in [2.75, 3.05) is 29.9 Å². The molecule has 1 fully saturated rings. The highest BCUT2D eigenvalue weighted by Gasteiger charge is 2.23. The maximum Gasteiger partial charge on any atom is 0.276 e. The zero-order valence-electron chi connectivity index (χ0n) is 12.2. The third kappa shape index (κ3) is 3.06. The molecule has 2 aromatic heterocycles. The quantitative estimate of drug-likeness (QED) is 0.763. The molecule has 0 saturated carbocycles. The molecule has 1 saturated heterocycles. The second-order valence-corrected chi connectivity index (χ2v) is 5.37. The second-order valence-electron chi connectivity index (χ2n) is 5.37. The first-order valence-corrected chi connectivity index (χ1v) is 7.33. The molecule has 0 aromatic carbocycles. The van der Waals surface area contributed by atoms with Crippen LogP contribution in [0.15, 0.2) is 24.8 Å². The van der Waals surface area contributed by atoms with Crippen molar-refractivity contribution < 1.29 is 4.79 Å². The summed E-state index contributed by atoms with van der Waals surface area (Å²) in [6.45, 7) is 2.46. The van der Waals surface area contributed by atoms with Crippen molar-refractivity contribution >= 4 is 17.4 Å². The number of H-pyrrole nitrogens is 1. The number of carbonyl (C=O) groups is 1. The van der Waals surface area contributed by atoms with Gasteiger partial charge in [-0.1, -0.05) is 0 Å². The summed E-state index contributed by atoms with van der Waals surface area (Å²) < 4.78 is 0. The molecule has 3 heterocycles. The number of anilines is 2. The normalized spacial score (nSPS) is 18.2. The van der Waals surface area contributed by atoms with Gasteiger partial charge in [-0.2, -0.15) is 5.10 Å². The molecule has 1 atom stereocenters. The molecule has 0 spiro atoms. The van der Waals surface area contributed by atoms with E-state index in [0.717, 1.165) is 31.7 Å². The highest BCUT2D eigenvalue weighted by Crippen LogP contribution is 2.27. The SMILES string of the molecule is NCC1CCCN(c2[nH]ncc2NC(=O)c2cnccn2)C1. The van der Waals surface area contributed by atoms with Gasteiger partial charge in [0.1, 0.15) is 17.2 Å². The fourth-order valence-corrected chi connectivity index (χ4v) is 2.68. The summed E-state index contributed by atoms with van der Waals surface area (Å²) in [4.78, 5) is 22.2. The van der Waals surface area contributed by atoms with Crippen LogP contribution in [0.3, 0.4) is 0 Å². The van der Waals surface area contributed by atoms with Crippen molar-refractivity contribution in [2.24, 2.45) is 11.7 Å². The molecule has 1 aliphatic rings. The van der Waals surface area contributed by atoms with Crippen LogP contribution in [0, 0.1) is 5.92 Å². The average Bonchev–Trinajstić information content (AvgIpc) is 3.04. The Morgan fingerprint density at radius 2 is 2.36 bits per heavy atom. The van der Waals surface area contributed by atoms with Gasteiger partial charge in [0.15, 0.2) is 0 Å². The Balaban J connectivity index is 1.73. The van der Waals surface area contributed by atoms with Crippen LogP contribution in [0.5, 0.6) is 0 Å². The van der Waals surface area contributed by atoms with E-state index in [4.69, 9.17) is 5.73 Å². The van der Waals surface area contributed by atoms with E-state index in [0.29, 0.717) is 18.2 Å². The number of aromatic nitrogens is 4. The molecule has 1 amide bonds. The number of nitrogens with one attached hydrogen (secondary N) is 2. The Bertz CT molecular complexity index is 627. The first kappa shape index (κ1) is 14.5. The summed E-state index contributed by atoms with van der Waals surface area (Å²) in [5.41, 5.74) is 6.69. The number of piperidine rings is 1. The standard InChI is InChI=1S/C14H19N7O/c15-6-10-2-1-5-21(9-10)13-11(8-18-20-13)19-14(22)12-7-16-3-4-17-12/h3-4,7-8,10H,1-2,5-6,9,15H2,(H,18,20)(H,19,22). The summed E-state index contributed by atoms with van der Waals surface area (Å²) in [6.07, 6.45) is 8.28. The summed E-state index contributed by atoms with van der Waals surface area (Å²) in [6, 6.07) is 0. The Morgan fingerprint density at radius 1 is 1.45 bits per heavy atom. The highest BCUT2D eigenvalue weighted by molar-refractivity contribution is 6.04. The number of carbonyl (C=O) groups excluding carboxylic acids is 1. The number of hydrogen-bond donors (Lipinski definition) is 3. The molecule has 8 nitrogen and oxygen atoms in total. The number of nitrogens with zero attached hydrogens (tertiary/aromatic N) is 4. The molecule has 1 unspecified atom stereocenters. The monoisotopic (exact) mass is 301 g/mol. The lowest BCUT2D eigenvalue weighted by molar-refractivity contribution is 0.102. The fraction of sp³-hybridized carbons (Fsp3) is 0.429. The molecule has 1 aliphatic heterocycles. The third-order valence-corrected chi connectivity index (χ3v) is 3.83. The Hall–Kier alpha value is -2.48. The third-order valence-electron chi connectivity index (χ3n) is 3.83. The van der Waals surface area contributed by atoms with Gasteiger partial charge in [-0.15, -0.1) is 0 Å². The minimum absolute atomic E-state index is 0.271. The van der Waals surface area contributed by atoms with Crippen molar-refractivity contribution in [3.8, 4) is 0 Å². The van der Waals surface area contributed by atoms with Crippen LogP contribution in [0.2, 0.25) is 0 Å². The molecular formula is C14H19N7O. The Labute approximate surface area is 128 Å². The zero-order valence-corrected chi connectivity index (χ0v) is 12.2. The van der Waals surface area contributed by atoms with Gasteiger partial charge in [0, 0.05) is 25.5 Å². The summed E-state index contributed by atoms with van der Waals surface area (Å²) in [7, 11) is 0. The predicted octanol–water partition coefficient (Wildman–Crippen LogP) is 0.627. The lowest BCUT2D eigenvalue weighted by atomic mass is 9.98. The van der Waals surface area contributed by atoms with Crippen molar-refractivity contribution in [3.05, 3.63) is 30.5 Å². The molecule has 8 heteroatoms. The van der Waals surface area contributed by atoms with Crippen molar-refractivity contribution in [2.45, 2.75) is 12.8 Å². The van der Waals surface area contributed by atoms with Crippen LogP contribution in [0.4, 0.5) is 11.5 Å². The van der Waals surface area contributed by atoms with E-state index in [1.807, 2.05) is 0 Å². The molecule has 0 radical (unpaired) electrons. The van der Waals surface area contributed by atoms with E-state index in [2.05, 4.69) is 30.4 Å². The molecule has 3 rings (SSSR count). The first-order valence-electron chi connectivity index (χ1n) is 7.33. The van der Waals surface area contributed by atoms with Gasteiger partial charge in [0.2, 0.25) is 0 Å². The molecule has 0 aliphatic carbocycles. The largest absolute Gasteiger partial charge is 0.355 e. The number of nitrogens with two attached hydrogens (primary N) is 1. The predicted molar refractivity (Wildman–Crippen MR) is 82.6 cm³/mol. The number of rotatable bonds is 4. The van der Waals surface area contributed by atoms with E-state index in [-0.39, 0.29) is 11.6 Å². The van der Waals surface area contributed by atoms with Crippen molar-refractivity contribution in [1.82, 2.24) is 20.2 Å². The van der Waals surface area contributed by atoms with E-state index in [9.17, 15) is 4.79 Å². The van der Waals surface area contributed by atoms with E-state index >= 15 is 0 Å². The smallest absolute Gasteiger partial charge is 0.276 e. The van der Waals surface area contributed by atoms with Gasteiger partial charge < -0.3 is 16.0 Å². The van der Waals surface area contributed by atoms with Crippen molar-refractivity contribution in [3.63, 3.8) is 0 Å². The van der Waals surface area contributed by atoms with E-state index in [1.54, 1.807) is 6.20 Å². The van der Waals surface area contributed by atoms with E-state index < -0.39 is 0 Å². The maximum atomic E-state index is 12.2. The number of hydrogen-bond acceptors (Lipinski definition) is 6. The van der Waals surface area contributed by atoms with Crippen LogP contribution in [-0.2, 0) is 0 Å². The van der Waals surface area contributed by atoms with Gasteiger partial charge in [-0.3, -0.25) is 14.9 Å². The average molecular weight is 301 g/mol. The molecule has 22 heavy (non-hydrogen) atoms. The summed E-state index contributed by atoms with van der Waals surface area (Å²) in [5.74, 6) is 0.985. The van der Waals surface area contributed by atoms with Crippen LogP contribution in [-0.4, -0.2) is 45.7 Å². The van der Waals surface area contributed by atoms with Crippen LogP contribution >= 0.6 is 0 Å². The zero-order chi connectivity index (χ0) is 15.4. The van der Waals surface area contributed by atoms with Crippen LogP contribution < -0.4 is 16.0 Å². The lowest BCUT2D eigenvalue weighted by Gasteiger charge is -2.33. The minimum atomic E-state index is -0.303. The minimum Gasteiger partial charge on any atom is -0.355 e. The molecule has 2 aromatic rings. The first-order chi connectivity index (χ1) is 10.8. The van der Waals surface area contributed by atoms with Gasteiger partial charge in [0.05, 0.1) is 12.4 Å². The highest BCUT2D eigenvalue weighted by atomic mass is 16.1. The van der Waals surface area contributed by atoms with Crippen LogP contribution in [0.25, 0.3) is 0 Å². The van der Waals surface area contributed by atoms with Crippen molar-refractivity contribution in [1.29, 1.82) is 0 Å². The van der Waals surface area contributed by atoms with Gasteiger partial charge in [0.25, 0.3) is 5.91 Å². The topological polar surface area (TPSA) is 113 Å². The van der Waals surface area contributed by atoms with Gasteiger partial charge in [-0.05, 0) is 25.3 Å².